The maximum absolute atomic E-state index is 13.5. The first kappa shape index (κ1) is 20.4. The predicted molar refractivity (Wildman–Crippen MR) is 116 cm³/mol. The number of nitrogens with one attached hydrogen (secondary N) is 2. The van der Waals surface area contributed by atoms with E-state index in [4.69, 9.17) is 9.47 Å². The normalized spacial score (nSPS) is 17.8. The number of hydrogen-bond donors (Lipinski definition) is 2. The first-order valence-electron chi connectivity index (χ1n) is 10.4. The van der Waals surface area contributed by atoms with E-state index in [1.165, 1.54) is 12.1 Å². The van der Waals surface area contributed by atoms with Crippen molar-refractivity contribution >= 4 is 10.9 Å². The molecule has 1 aliphatic rings. The molecule has 158 valence electrons. The Balaban J connectivity index is 1.13. The lowest BCUT2D eigenvalue weighted by Crippen LogP contribution is -2.19. The summed E-state index contributed by atoms with van der Waals surface area (Å²) in [6.45, 7) is 2.50. The molecule has 1 aliphatic carbocycles. The van der Waals surface area contributed by atoms with Crippen molar-refractivity contribution in [2.45, 2.75) is 25.2 Å². The molecule has 1 saturated carbocycles. The monoisotopic (exact) mass is 410 g/mol. The number of halogens is 1. The Morgan fingerprint density at radius 3 is 2.87 bits per heavy atom. The highest BCUT2D eigenvalue weighted by Crippen LogP contribution is 2.50. The van der Waals surface area contributed by atoms with Crippen molar-refractivity contribution in [1.82, 2.24) is 10.3 Å². The third-order valence-corrected chi connectivity index (χ3v) is 5.63. The zero-order valence-electron chi connectivity index (χ0n) is 17.1. The highest BCUT2D eigenvalue weighted by molar-refractivity contribution is 5.79. The Kier molecular flexibility index (Phi) is 6.33. The molecule has 4 rings (SSSR count). The van der Waals surface area contributed by atoms with E-state index in [0.29, 0.717) is 18.4 Å². The molecule has 0 radical (unpaired) electrons. The molecule has 1 aromatic heterocycles. The fraction of sp³-hybridized carbons (Fsp3) is 0.375. The summed E-state index contributed by atoms with van der Waals surface area (Å²) in [7, 11) is 1.63. The second-order valence-electron chi connectivity index (χ2n) is 7.82. The quantitative estimate of drug-likeness (QED) is 0.491. The van der Waals surface area contributed by atoms with Crippen LogP contribution in [0, 0.1) is 11.7 Å². The van der Waals surface area contributed by atoms with Crippen molar-refractivity contribution in [3.8, 4) is 11.5 Å². The molecule has 1 fully saturated rings. The largest absolute Gasteiger partial charge is 0.496 e. The highest BCUT2D eigenvalue weighted by atomic mass is 19.1. The third kappa shape index (κ3) is 5.00. The fourth-order valence-corrected chi connectivity index (χ4v) is 3.90. The van der Waals surface area contributed by atoms with Crippen LogP contribution >= 0.6 is 0 Å². The molecule has 0 spiro atoms. The first-order valence-corrected chi connectivity index (χ1v) is 10.4. The van der Waals surface area contributed by atoms with E-state index in [0.717, 1.165) is 60.3 Å². The number of rotatable bonds is 10. The lowest BCUT2D eigenvalue weighted by Gasteiger charge is -2.09. The van der Waals surface area contributed by atoms with Crippen molar-refractivity contribution < 1.29 is 13.9 Å². The molecule has 0 bridgehead atoms. The van der Waals surface area contributed by atoms with E-state index in [9.17, 15) is 9.18 Å². The van der Waals surface area contributed by atoms with Gasteiger partial charge in [-0.15, -0.1) is 0 Å². The molecule has 0 amide bonds. The van der Waals surface area contributed by atoms with Crippen molar-refractivity contribution in [3.63, 3.8) is 0 Å². The van der Waals surface area contributed by atoms with Gasteiger partial charge in [-0.05, 0) is 86.0 Å². The van der Waals surface area contributed by atoms with Gasteiger partial charge >= 0.3 is 0 Å². The second-order valence-corrected chi connectivity index (χ2v) is 7.82. The minimum Gasteiger partial charge on any atom is -0.496 e. The number of fused-ring (bicyclic) bond motifs is 1. The minimum absolute atomic E-state index is 0.112. The fourth-order valence-electron chi connectivity index (χ4n) is 3.90. The highest BCUT2D eigenvalue weighted by Gasteiger charge is 2.39. The number of pyridine rings is 1. The average molecular weight is 410 g/mol. The molecule has 3 aromatic rings. The number of aromatic nitrogens is 1. The Morgan fingerprint density at radius 1 is 1.13 bits per heavy atom. The lowest BCUT2D eigenvalue weighted by atomic mass is 10.1. The van der Waals surface area contributed by atoms with Crippen LogP contribution in [-0.2, 0) is 0 Å². The molecule has 0 unspecified atom stereocenters. The molecule has 5 nitrogen and oxygen atoms in total. The maximum atomic E-state index is 13.5. The van der Waals surface area contributed by atoms with Crippen LogP contribution in [-0.4, -0.2) is 31.8 Å². The average Bonchev–Trinajstić information content (AvgIpc) is 3.52. The number of H-pyrrole nitrogens is 1. The summed E-state index contributed by atoms with van der Waals surface area (Å²) in [4.78, 5) is 14.2. The van der Waals surface area contributed by atoms with Gasteiger partial charge < -0.3 is 19.8 Å². The molecule has 6 heteroatoms. The van der Waals surface area contributed by atoms with Crippen LogP contribution in [0.3, 0.4) is 0 Å². The van der Waals surface area contributed by atoms with Gasteiger partial charge in [0.1, 0.15) is 17.3 Å². The Labute approximate surface area is 175 Å². The van der Waals surface area contributed by atoms with Crippen LogP contribution < -0.4 is 20.3 Å². The van der Waals surface area contributed by atoms with E-state index in [1.54, 1.807) is 25.3 Å². The number of methoxy groups -OCH3 is 1. The molecule has 0 aliphatic heterocycles. The zero-order chi connectivity index (χ0) is 20.9. The molecular weight excluding hydrogens is 383 g/mol. The van der Waals surface area contributed by atoms with Gasteiger partial charge in [-0.2, -0.15) is 0 Å². The molecule has 2 aromatic carbocycles. The van der Waals surface area contributed by atoms with Gasteiger partial charge in [0.05, 0.1) is 19.2 Å². The summed E-state index contributed by atoms with van der Waals surface area (Å²) in [5.41, 5.74) is 1.66. The smallest absolute Gasteiger partial charge is 0.248 e. The molecular formula is C24H27FN2O3. The summed E-state index contributed by atoms with van der Waals surface area (Å²) >= 11 is 0. The van der Waals surface area contributed by atoms with Gasteiger partial charge in [-0.3, -0.25) is 4.79 Å². The van der Waals surface area contributed by atoms with Gasteiger partial charge in [-0.1, -0.05) is 0 Å². The topological polar surface area (TPSA) is 63.4 Å². The number of aromatic amines is 1. The molecule has 30 heavy (non-hydrogen) atoms. The van der Waals surface area contributed by atoms with Gasteiger partial charge in [0.15, 0.2) is 0 Å². The molecule has 0 saturated heterocycles. The first-order chi connectivity index (χ1) is 14.6. The van der Waals surface area contributed by atoms with Crippen LogP contribution in [0.5, 0.6) is 11.5 Å². The Hall–Kier alpha value is -2.86. The maximum Gasteiger partial charge on any atom is 0.248 e. The van der Waals surface area contributed by atoms with Crippen LogP contribution in [0.2, 0.25) is 0 Å². The molecule has 2 N–H and O–H groups in total. The van der Waals surface area contributed by atoms with Gasteiger partial charge in [-0.25, -0.2) is 4.39 Å². The van der Waals surface area contributed by atoms with Crippen molar-refractivity contribution in [2.75, 3.05) is 26.8 Å². The summed E-state index contributed by atoms with van der Waals surface area (Å²) < 4.78 is 24.7. The van der Waals surface area contributed by atoms with Crippen molar-refractivity contribution in [3.05, 3.63) is 70.3 Å². The van der Waals surface area contributed by atoms with E-state index in [-0.39, 0.29) is 11.4 Å². The molecule has 1 heterocycles. The van der Waals surface area contributed by atoms with E-state index in [2.05, 4.69) is 10.3 Å². The summed E-state index contributed by atoms with van der Waals surface area (Å²) in [5, 5.41) is 4.48. The number of hydrogen-bond acceptors (Lipinski definition) is 4. The summed E-state index contributed by atoms with van der Waals surface area (Å²) in [5.74, 6) is 2.26. The predicted octanol–water partition coefficient (Wildman–Crippen LogP) is 4.23. The van der Waals surface area contributed by atoms with Crippen LogP contribution in [0.25, 0.3) is 10.9 Å². The minimum atomic E-state index is -0.206. The van der Waals surface area contributed by atoms with Crippen molar-refractivity contribution in [2.24, 2.45) is 5.92 Å². The second kappa shape index (κ2) is 9.30. The van der Waals surface area contributed by atoms with Gasteiger partial charge in [0, 0.05) is 17.7 Å². The van der Waals surface area contributed by atoms with Crippen LogP contribution in [0.1, 0.15) is 30.7 Å². The van der Waals surface area contributed by atoms with Gasteiger partial charge in [0.2, 0.25) is 5.56 Å². The Bertz CT molecular complexity index is 1070. The Morgan fingerprint density at radius 2 is 2.00 bits per heavy atom. The SMILES string of the molecule is COc1ccc(F)cc1[C@@H]1C[C@H]1CNCCCCOc1ccc2ccc(=O)[nH]c2c1. The van der Waals surface area contributed by atoms with E-state index in [1.807, 2.05) is 18.2 Å². The van der Waals surface area contributed by atoms with Crippen molar-refractivity contribution in [1.29, 1.82) is 0 Å². The van der Waals surface area contributed by atoms with E-state index >= 15 is 0 Å². The van der Waals surface area contributed by atoms with Gasteiger partial charge in [0.25, 0.3) is 0 Å². The number of ether oxygens (including phenoxy) is 2. The summed E-state index contributed by atoms with van der Waals surface area (Å²) in [6, 6.07) is 13.8. The number of benzene rings is 2. The third-order valence-electron chi connectivity index (χ3n) is 5.63. The van der Waals surface area contributed by atoms with Crippen LogP contribution in [0.4, 0.5) is 4.39 Å². The standard InChI is InChI=1S/C24H27FN2O3/c1-29-23-8-6-18(25)13-21(23)20-12-17(20)15-26-10-2-3-11-30-19-7-4-16-5-9-24(28)27-22(16)14-19/h4-9,13-14,17,20,26H,2-3,10-12,15H2,1H3,(H,27,28)/t17-,20+/m0/s1. The van der Waals surface area contributed by atoms with Crippen LogP contribution in [0.15, 0.2) is 53.3 Å². The molecule has 2 atom stereocenters. The summed E-state index contributed by atoms with van der Waals surface area (Å²) in [6.07, 6.45) is 3.03. The number of unbranched alkanes of at least 4 members (excludes halogenated alkanes) is 1. The lowest BCUT2D eigenvalue weighted by molar-refractivity contribution is 0.306. The zero-order valence-corrected chi connectivity index (χ0v) is 17.1. The van der Waals surface area contributed by atoms with E-state index < -0.39 is 0 Å².